The Morgan fingerprint density at radius 2 is 2.07 bits per heavy atom. The smallest absolute Gasteiger partial charge is 0.339 e. The minimum atomic E-state index is -1.25. The molecule has 1 N–H and O–H groups in total. The zero-order chi connectivity index (χ0) is 11.3. The number of aliphatic hydroxyl groups excluding tert-OH is 1. The Bertz CT molecular complexity index is 335. The molecule has 1 unspecified atom stereocenters. The van der Waals surface area contributed by atoms with E-state index in [0.29, 0.717) is 12.2 Å². The summed E-state index contributed by atoms with van der Waals surface area (Å²) in [5.74, 6) is -0.668. The third-order valence-electron chi connectivity index (χ3n) is 2.07. The SMILES string of the molecule is COCc1ccccc1C(O)C(=O)OC. The number of carbonyl (C=O) groups excluding carboxylic acids is 1. The first kappa shape index (κ1) is 11.7. The fourth-order valence-corrected chi connectivity index (χ4v) is 1.33. The van der Waals surface area contributed by atoms with Gasteiger partial charge in [0.15, 0.2) is 6.10 Å². The Hall–Kier alpha value is -1.39. The van der Waals surface area contributed by atoms with Crippen molar-refractivity contribution >= 4 is 5.97 Å². The highest BCUT2D eigenvalue weighted by atomic mass is 16.5. The summed E-state index contributed by atoms with van der Waals surface area (Å²) in [5.41, 5.74) is 1.30. The second-order valence-corrected chi connectivity index (χ2v) is 3.06. The molecule has 0 aliphatic rings. The van der Waals surface area contributed by atoms with Crippen LogP contribution >= 0.6 is 0 Å². The monoisotopic (exact) mass is 210 g/mol. The van der Waals surface area contributed by atoms with Crippen LogP contribution in [0.25, 0.3) is 0 Å². The molecule has 1 aromatic carbocycles. The maximum absolute atomic E-state index is 11.2. The van der Waals surface area contributed by atoms with Gasteiger partial charge in [-0.25, -0.2) is 4.79 Å². The number of benzene rings is 1. The summed E-state index contributed by atoms with van der Waals surface area (Å²) in [6.45, 7) is 0.351. The van der Waals surface area contributed by atoms with Crippen molar-refractivity contribution in [2.24, 2.45) is 0 Å². The van der Waals surface area contributed by atoms with Crippen LogP contribution in [0, 0.1) is 0 Å². The van der Waals surface area contributed by atoms with Gasteiger partial charge >= 0.3 is 5.97 Å². The van der Waals surface area contributed by atoms with Crippen LogP contribution in [-0.2, 0) is 20.9 Å². The van der Waals surface area contributed by atoms with Crippen molar-refractivity contribution in [2.45, 2.75) is 12.7 Å². The average molecular weight is 210 g/mol. The van der Waals surface area contributed by atoms with Gasteiger partial charge in [-0.3, -0.25) is 0 Å². The van der Waals surface area contributed by atoms with Crippen molar-refractivity contribution in [2.75, 3.05) is 14.2 Å². The van der Waals surface area contributed by atoms with E-state index in [4.69, 9.17) is 4.74 Å². The summed E-state index contributed by atoms with van der Waals surface area (Å²) in [6, 6.07) is 7.05. The van der Waals surface area contributed by atoms with E-state index in [-0.39, 0.29) is 0 Å². The summed E-state index contributed by atoms with van der Waals surface area (Å²) in [6.07, 6.45) is -1.25. The minimum Gasteiger partial charge on any atom is -0.467 e. The number of hydrogen-bond acceptors (Lipinski definition) is 4. The van der Waals surface area contributed by atoms with Crippen LogP contribution in [-0.4, -0.2) is 25.3 Å². The Balaban J connectivity index is 2.96. The number of esters is 1. The maximum Gasteiger partial charge on any atom is 0.339 e. The summed E-state index contributed by atoms with van der Waals surface area (Å²) in [5, 5.41) is 9.67. The zero-order valence-electron chi connectivity index (χ0n) is 8.77. The molecule has 0 fully saturated rings. The van der Waals surface area contributed by atoms with E-state index in [9.17, 15) is 9.90 Å². The van der Waals surface area contributed by atoms with Gasteiger partial charge in [-0.1, -0.05) is 24.3 Å². The lowest BCUT2D eigenvalue weighted by Crippen LogP contribution is -2.15. The van der Waals surface area contributed by atoms with Crippen molar-refractivity contribution in [3.63, 3.8) is 0 Å². The number of ether oxygens (including phenoxy) is 2. The Kier molecular flexibility index (Phi) is 4.27. The molecule has 0 spiro atoms. The van der Waals surface area contributed by atoms with Gasteiger partial charge < -0.3 is 14.6 Å². The number of rotatable bonds is 4. The van der Waals surface area contributed by atoms with E-state index in [1.54, 1.807) is 25.3 Å². The predicted octanol–water partition coefficient (Wildman–Crippen LogP) is 1.04. The molecule has 0 amide bonds. The molecule has 0 radical (unpaired) electrons. The third-order valence-corrected chi connectivity index (χ3v) is 2.07. The van der Waals surface area contributed by atoms with E-state index >= 15 is 0 Å². The Morgan fingerprint density at radius 1 is 1.40 bits per heavy atom. The molecule has 0 bridgehead atoms. The molecule has 4 heteroatoms. The second kappa shape index (κ2) is 5.48. The number of aliphatic hydroxyl groups is 1. The van der Waals surface area contributed by atoms with Crippen LogP contribution in [0.5, 0.6) is 0 Å². The van der Waals surface area contributed by atoms with E-state index in [1.165, 1.54) is 7.11 Å². The van der Waals surface area contributed by atoms with Gasteiger partial charge in [0, 0.05) is 7.11 Å². The molecule has 0 saturated carbocycles. The van der Waals surface area contributed by atoms with Crippen LogP contribution in [0.4, 0.5) is 0 Å². The molecule has 0 saturated heterocycles. The molecule has 1 rings (SSSR count). The Labute approximate surface area is 88.4 Å². The van der Waals surface area contributed by atoms with Crippen molar-refractivity contribution in [3.05, 3.63) is 35.4 Å². The van der Waals surface area contributed by atoms with Gasteiger partial charge in [0.2, 0.25) is 0 Å². The molecule has 1 atom stereocenters. The van der Waals surface area contributed by atoms with Gasteiger partial charge in [0.05, 0.1) is 13.7 Å². The molecule has 1 aromatic rings. The molecule has 0 aliphatic carbocycles. The largest absolute Gasteiger partial charge is 0.467 e. The normalized spacial score (nSPS) is 12.2. The van der Waals surface area contributed by atoms with Crippen LogP contribution in [0.1, 0.15) is 17.2 Å². The fraction of sp³-hybridized carbons (Fsp3) is 0.364. The number of hydrogen-bond donors (Lipinski definition) is 1. The van der Waals surface area contributed by atoms with E-state index in [0.717, 1.165) is 5.56 Å². The lowest BCUT2D eigenvalue weighted by Gasteiger charge is -2.12. The average Bonchev–Trinajstić information content (AvgIpc) is 2.28. The lowest BCUT2D eigenvalue weighted by molar-refractivity contribution is -0.150. The minimum absolute atomic E-state index is 0.351. The molecule has 0 aromatic heterocycles. The van der Waals surface area contributed by atoms with Gasteiger partial charge in [-0.2, -0.15) is 0 Å². The highest BCUT2D eigenvalue weighted by Gasteiger charge is 2.20. The molecule has 0 heterocycles. The van der Waals surface area contributed by atoms with Crippen LogP contribution in [0.15, 0.2) is 24.3 Å². The summed E-state index contributed by atoms with van der Waals surface area (Å²) < 4.78 is 9.44. The van der Waals surface area contributed by atoms with Crippen molar-refractivity contribution in [1.82, 2.24) is 0 Å². The standard InChI is InChI=1S/C11H14O4/c1-14-7-8-5-3-4-6-9(8)10(12)11(13)15-2/h3-6,10,12H,7H2,1-2H3. The van der Waals surface area contributed by atoms with Gasteiger partial charge in [-0.05, 0) is 11.1 Å². The van der Waals surface area contributed by atoms with Crippen LogP contribution in [0.3, 0.4) is 0 Å². The van der Waals surface area contributed by atoms with E-state index in [2.05, 4.69) is 4.74 Å². The number of methoxy groups -OCH3 is 2. The molecule has 82 valence electrons. The molecule has 4 nitrogen and oxygen atoms in total. The first-order valence-electron chi connectivity index (χ1n) is 4.53. The fourth-order valence-electron chi connectivity index (χ4n) is 1.33. The highest BCUT2D eigenvalue weighted by molar-refractivity contribution is 5.76. The third kappa shape index (κ3) is 2.78. The maximum atomic E-state index is 11.2. The second-order valence-electron chi connectivity index (χ2n) is 3.06. The molecule has 0 aliphatic heterocycles. The number of carbonyl (C=O) groups is 1. The van der Waals surface area contributed by atoms with Crippen LogP contribution < -0.4 is 0 Å². The van der Waals surface area contributed by atoms with Gasteiger partial charge in [-0.15, -0.1) is 0 Å². The summed E-state index contributed by atoms with van der Waals surface area (Å²) >= 11 is 0. The van der Waals surface area contributed by atoms with Gasteiger partial charge in [0.25, 0.3) is 0 Å². The van der Waals surface area contributed by atoms with Crippen LogP contribution in [0.2, 0.25) is 0 Å². The molecule has 15 heavy (non-hydrogen) atoms. The van der Waals surface area contributed by atoms with E-state index in [1.807, 2.05) is 6.07 Å². The van der Waals surface area contributed by atoms with Crippen molar-refractivity contribution in [3.8, 4) is 0 Å². The van der Waals surface area contributed by atoms with Crippen molar-refractivity contribution < 1.29 is 19.4 Å². The van der Waals surface area contributed by atoms with Gasteiger partial charge in [0.1, 0.15) is 0 Å². The molecular weight excluding hydrogens is 196 g/mol. The first-order chi connectivity index (χ1) is 7.20. The summed E-state index contributed by atoms with van der Waals surface area (Å²) in [7, 11) is 2.80. The Morgan fingerprint density at radius 3 is 2.67 bits per heavy atom. The first-order valence-corrected chi connectivity index (χ1v) is 4.53. The lowest BCUT2D eigenvalue weighted by atomic mass is 10.0. The highest BCUT2D eigenvalue weighted by Crippen LogP contribution is 2.19. The topological polar surface area (TPSA) is 55.8 Å². The van der Waals surface area contributed by atoms with Crippen molar-refractivity contribution in [1.29, 1.82) is 0 Å². The molecular formula is C11H14O4. The predicted molar refractivity (Wildman–Crippen MR) is 54.1 cm³/mol. The van der Waals surface area contributed by atoms with E-state index < -0.39 is 12.1 Å². The quantitative estimate of drug-likeness (QED) is 0.754. The summed E-state index contributed by atoms with van der Waals surface area (Å²) in [4.78, 5) is 11.2. The zero-order valence-corrected chi connectivity index (χ0v) is 8.77.